The van der Waals surface area contributed by atoms with E-state index in [1.807, 2.05) is 19.2 Å². The highest BCUT2D eigenvalue weighted by atomic mass is 32.1. The zero-order valence-corrected chi connectivity index (χ0v) is 11.1. The van der Waals surface area contributed by atoms with E-state index in [0.29, 0.717) is 10.6 Å². The minimum atomic E-state index is 0.333. The predicted molar refractivity (Wildman–Crippen MR) is 73.2 cm³/mol. The highest BCUT2D eigenvalue weighted by Gasteiger charge is 2.24. The van der Waals surface area contributed by atoms with Crippen molar-refractivity contribution >= 4 is 12.2 Å². The van der Waals surface area contributed by atoms with Gasteiger partial charge >= 0.3 is 0 Å². The fourth-order valence-corrected chi connectivity index (χ4v) is 2.90. The molecule has 0 aromatic carbocycles. The van der Waals surface area contributed by atoms with E-state index in [-0.39, 0.29) is 0 Å². The molecular weight excluding hydrogens is 242 g/mol. The second kappa shape index (κ2) is 4.61. The van der Waals surface area contributed by atoms with Gasteiger partial charge in [0, 0.05) is 23.4 Å². The van der Waals surface area contributed by atoms with Crippen LogP contribution in [0.1, 0.15) is 41.3 Å². The molecule has 2 aromatic rings. The largest absolute Gasteiger partial charge is 0.349 e. The molecule has 0 saturated carbocycles. The normalized spacial score (nSPS) is 18.4. The van der Waals surface area contributed by atoms with Crippen LogP contribution in [-0.2, 0) is 6.42 Å². The monoisotopic (exact) mass is 257 g/mol. The second-order valence-electron chi connectivity index (χ2n) is 4.74. The van der Waals surface area contributed by atoms with Gasteiger partial charge in [-0.1, -0.05) is 18.3 Å². The maximum atomic E-state index is 5.26. The third kappa shape index (κ3) is 1.86. The molecule has 1 N–H and O–H groups in total. The maximum absolute atomic E-state index is 5.26. The van der Waals surface area contributed by atoms with Crippen molar-refractivity contribution in [2.45, 2.75) is 32.1 Å². The summed E-state index contributed by atoms with van der Waals surface area (Å²) in [5.74, 6) is 0.333. The Morgan fingerprint density at radius 2 is 2.28 bits per heavy atom. The lowest BCUT2D eigenvalue weighted by Crippen LogP contribution is -2.15. The zero-order chi connectivity index (χ0) is 12.5. The molecule has 3 rings (SSSR count). The molecule has 0 bridgehead atoms. The number of pyridine rings is 1. The first kappa shape index (κ1) is 11.5. The van der Waals surface area contributed by atoms with Crippen LogP contribution in [0.3, 0.4) is 0 Å². The molecule has 0 fully saturated rings. The van der Waals surface area contributed by atoms with Crippen LogP contribution in [0.5, 0.6) is 0 Å². The Balaban J connectivity index is 2.14. The Bertz CT molecular complexity index is 633. The number of hydrogen-bond donors (Lipinski definition) is 1. The lowest BCUT2D eigenvalue weighted by Gasteiger charge is -2.25. The van der Waals surface area contributed by atoms with Gasteiger partial charge in [-0.15, -0.1) is 0 Å². The van der Waals surface area contributed by atoms with Crippen molar-refractivity contribution < 1.29 is 0 Å². The van der Waals surface area contributed by atoms with Crippen molar-refractivity contribution in [1.29, 1.82) is 0 Å². The van der Waals surface area contributed by atoms with Gasteiger partial charge in [0.2, 0.25) is 0 Å². The summed E-state index contributed by atoms with van der Waals surface area (Å²) < 4.78 is 0.687. The van der Waals surface area contributed by atoms with Crippen LogP contribution in [0.25, 0.3) is 0 Å². The van der Waals surface area contributed by atoms with Gasteiger partial charge in [0.05, 0.1) is 12.0 Å². The summed E-state index contributed by atoms with van der Waals surface area (Å²) in [6.07, 6.45) is 7.03. The van der Waals surface area contributed by atoms with Crippen LogP contribution in [0.15, 0.2) is 24.7 Å². The van der Waals surface area contributed by atoms with E-state index < -0.39 is 0 Å². The Morgan fingerprint density at radius 1 is 1.39 bits per heavy atom. The van der Waals surface area contributed by atoms with Crippen molar-refractivity contribution in [1.82, 2.24) is 15.0 Å². The lowest BCUT2D eigenvalue weighted by atomic mass is 9.83. The van der Waals surface area contributed by atoms with Gasteiger partial charge in [-0.25, -0.2) is 4.98 Å². The number of hydrogen-bond acceptors (Lipinski definition) is 3. The molecule has 1 atom stereocenters. The van der Waals surface area contributed by atoms with Gasteiger partial charge in [-0.3, -0.25) is 4.98 Å². The van der Waals surface area contributed by atoms with Crippen molar-refractivity contribution in [3.63, 3.8) is 0 Å². The lowest BCUT2D eigenvalue weighted by molar-refractivity contribution is 0.583. The molecule has 2 heterocycles. The molecule has 0 radical (unpaired) electrons. The highest BCUT2D eigenvalue weighted by Crippen LogP contribution is 2.35. The van der Waals surface area contributed by atoms with Crippen LogP contribution in [-0.4, -0.2) is 15.0 Å². The first-order chi connectivity index (χ1) is 8.77. The molecule has 1 aliphatic rings. The number of aromatic nitrogens is 3. The fourth-order valence-electron chi connectivity index (χ4n) is 2.73. The fraction of sp³-hybridized carbons (Fsp3) is 0.357. The summed E-state index contributed by atoms with van der Waals surface area (Å²) in [7, 11) is 0. The molecule has 0 aliphatic heterocycles. The first-order valence-electron chi connectivity index (χ1n) is 6.25. The van der Waals surface area contributed by atoms with E-state index in [0.717, 1.165) is 18.4 Å². The predicted octanol–water partition coefficient (Wildman–Crippen LogP) is 3.31. The quantitative estimate of drug-likeness (QED) is 0.797. The number of H-pyrrole nitrogens is 1. The molecule has 0 saturated heterocycles. The SMILES string of the molecule is Cc1c(C2CCCc3cccnc32)[nH]cnc1=S. The van der Waals surface area contributed by atoms with Crippen LogP contribution < -0.4 is 0 Å². The molecule has 0 spiro atoms. The third-order valence-electron chi connectivity index (χ3n) is 3.67. The van der Waals surface area contributed by atoms with Gasteiger partial charge in [0.25, 0.3) is 0 Å². The van der Waals surface area contributed by atoms with E-state index in [1.54, 1.807) is 6.33 Å². The maximum Gasteiger partial charge on any atom is 0.132 e. The van der Waals surface area contributed by atoms with Gasteiger partial charge in [0.15, 0.2) is 0 Å². The standard InChI is InChI=1S/C14H15N3S/c1-9-12(16-8-17-14(9)18)11-6-2-4-10-5-3-7-15-13(10)11/h3,5,7-8,11H,2,4,6H2,1H3,(H,16,17,18). The number of aromatic amines is 1. The van der Waals surface area contributed by atoms with E-state index in [2.05, 4.69) is 21.0 Å². The number of rotatable bonds is 1. The van der Waals surface area contributed by atoms with Crippen LogP contribution in [0, 0.1) is 11.6 Å². The molecule has 18 heavy (non-hydrogen) atoms. The van der Waals surface area contributed by atoms with Crippen molar-refractivity contribution in [3.05, 3.63) is 51.8 Å². The molecule has 2 aromatic heterocycles. The topological polar surface area (TPSA) is 41.6 Å². The Hall–Kier alpha value is -1.55. The van der Waals surface area contributed by atoms with Gasteiger partial charge in [-0.2, -0.15) is 0 Å². The smallest absolute Gasteiger partial charge is 0.132 e. The van der Waals surface area contributed by atoms with Crippen LogP contribution >= 0.6 is 12.2 Å². The molecule has 92 valence electrons. The number of nitrogens with one attached hydrogen (secondary N) is 1. The van der Waals surface area contributed by atoms with E-state index in [4.69, 9.17) is 12.2 Å². The summed E-state index contributed by atoms with van der Waals surface area (Å²) >= 11 is 5.26. The summed E-state index contributed by atoms with van der Waals surface area (Å²) in [6.45, 7) is 2.04. The summed E-state index contributed by atoms with van der Waals surface area (Å²) in [5.41, 5.74) is 4.82. The van der Waals surface area contributed by atoms with Crippen molar-refractivity contribution in [2.75, 3.05) is 0 Å². The van der Waals surface area contributed by atoms with Crippen molar-refractivity contribution in [2.24, 2.45) is 0 Å². The summed E-state index contributed by atoms with van der Waals surface area (Å²) in [4.78, 5) is 12.0. The molecular formula is C14H15N3S. The molecule has 0 amide bonds. The van der Waals surface area contributed by atoms with E-state index in [9.17, 15) is 0 Å². The van der Waals surface area contributed by atoms with Crippen LogP contribution in [0.4, 0.5) is 0 Å². The van der Waals surface area contributed by atoms with Gasteiger partial charge < -0.3 is 4.98 Å². The summed E-state index contributed by atoms with van der Waals surface area (Å²) in [5, 5.41) is 0. The molecule has 3 nitrogen and oxygen atoms in total. The highest BCUT2D eigenvalue weighted by molar-refractivity contribution is 7.71. The molecule has 1 unspecified atom stereocenters. The van der Waals surface area contributed by atoms with E-state index in [1.165, 1.54) is 23.4 Å². The third-order valence-corrected chi connectivity index (χ3v) is 4.08. The van der Waals surface area contributed by atoms with Crippen LogP contribution in [0.2, 0.25) is 0 Å². The first-order valence-corrected chi connectivity index (χ1v) is 6.66. The molecule has 1 aliphatic carbocycles. The number of aryl methyl sites for hydroxylation is 1. The minimum absolute atomic E-state index is 0.333. The van der Waals surface area contributed by atoms with Gasteiger partial charge in [-0.05, 0) is 37.8 Å². The Morgan fingerprint density at radius 3 is 3.17 bits per heavy atom. The zero-order valence-electron chi connectivity index (χ0n) is 10.3. The van der Waals surface area contributed by atoms with Crippen molar-refractivity contribution in [3.8, 4) is 0 Å². The van der Waals surface area contributed by atoms with Gasteiger partial charge in [0.1, 0.15) is 4.64 Å². The Kier molecular flexibility index (Phi) is 2.96. The minimum Gasteiger partial charge on any atom is -0.349 e. The number of nitrogens with zero attached hydrogens (tertiary/aromatic N) is 2. The van der Waals surface area contributed by atoms with E-state index >= 15 is 0 Å². The summed E-state index contributed by atoms with van der Waals surface area (Å²) in [6, 6.07) is 4.20. The second-order valence-corrected chi connectivity index (χ2v) is 5.13. The average molecular weight is 257 g/mol. The Labute approximate surface area is 111 Å². The number of fused-ring (bicyclic) bond motifs is 1. The average Bonchev–Trinajstić information content (AvgIpc) is 2.41. The molecule has 4 heteroatoms.